The van der Waals surface area contributed by atoms with Crippen molar-refractivity contribution in [1.82, 2.24) is 20.2 Å². The number of aliphatic hydroxyl groups excluding tert-OH is 1. The lowest BCUT2D eigenvalue weighted by atomic mass is 9.98. The highest BCUT2D eigenvalue weighted by Crippen LogP contribution is 2.39. The molecule has 6 rings (SSSR count). The average molecular weight is 697 g/mol. The van der Waals surface area contributed by atoms with E-state index in [1.54, 1.807) is 12.4 Å². The van der Waals surface area contributed by atoms with Crippen LogP contribution < -0.4 is 10.2 Å². The van der Waals surface area contributed by atoms with E-state index in [1.807, 2.05) is 72.8 Å². The van der Waals surface area contributed by atoms with Gasteiger partial charge in [-0.25, -0.2) is 9.97 Å². The maximum absolute atomic E-state index is 12.0. The molecular weight excluding hydrogens is 661 g/mol. The number of carbonyl (C=O) groups excluding carboxylic acids is 1. The summed E-state index contributed by atoms with van der Waals surface area (Å²) in [7, 11) is 0. The molecule has 12 heteroatoms. The number of piperazine rings is 1. The van der Waals surface area contributed by atoms with Crippen LogP contribution in [0.25, 0.3) is 11.1 Å². The molecule has 1 amide bonds. The molecule has 2 N–H and O–H groups in total. The van der Waals surface area contributed by atoms with E-state index < -0.39 is 16.0 Å². The molecule has 2 fully saturated rings. The molecule has 0 unspecified atom stereocenters. The molecule has 1 aromatic heterocycles. The Bertz CT molecular complexity index is 1630. The first-order chi connectivity index (χ1) is 22.7. The largest absolute Gasteiger partial charge is 0.392 e. The van der Waals surface area contributed by atoms with Crippen LogP contribution >= 0.6 is 34.8 Å². The number of aliphatic hydroxyl groups is 1. The summed E-state index contributed by atoms with van der Waals surface area (Å²) in [6.07, 6.45) is 3.43. The van der Waals surface area contributed by atoms with E-state index in [0.717, 1.165) is 72.1 Å². The Hall–Kier alpha value is -3.28. The number of nitrogens with one attached hydrogen (secondary N) is 1. The number of halogens is 3. The normalized spacial score (nSPS) is 20.6. The topological polar surface area (TPSA) is 100 Å². The second kappa shape index (κ2) is 15.3. The van der Waals surface area contributed by atoms with Gasteiger partial charge in [-0.05, 0) is 46.0 Å². The molecule has 246 valence electrons. The minimum absolute atomic E-state index is 0.00652. The first-order valence-electron chi connectivity index (χ1n) is 15.5. The van der Waals surface area contributed by atoms with Crippen LogP contribution in [-0.2, 0) is 27.4 Å². The highest BCUT2D eigenvalue weighted by atomic mass is 35.6. The van der Waals surface area contributed by atoms with Gasteiger partial charge in [0, 0.05) is 63.6 Å². The summed E-state index contributed by atoms with van der Waals surface area (Å²) < 4.78 is 11.3. The van der Waals surface area contributed by atoms with Crippen molar-refractivity contribution < 1.29 is 19.4 Å². The van der Waals surface area contributed by atoms with Crippen LogP contribution in [0.5, 0.6) is 0 Å². The van der Waals surface area contributed by atoms with Crippen LogP contribution in [0, 0.1) is 0 Å². The van der Waals surface area contributed by atoms with Crippen molar-refractivity contribution in [3.05, 3.63) is 114 Å². The van der Waals surface area contributed by atoms with Gasteiger partial charge in [-0.15, -0.1) is 0 Å². The first-order valence-corrected chi connectivity index (χ1v) is 16.7. The maximum atomic E-state index is 12.0. The van der Waals surface area contributed by atoms with Crippen LogP contribution in [0.2, 0.25) is 0 Å². The molecule has 0 aliphatic carbocycles. The molecule has 3 aromatic carbocycles. The first kappa shape index (κ1) is 33.6. The smallest absolute Gasteiger partial charge is 0.272 e. The van der Waals surface area contributed by atoms with Crippen molar-refractivity contribution in [3.63, 3.8) is 0 Å². The van der Waals surface area contributed by atoms with E-state index in [9.17, 15) is 9.90 Å². The molecule has 2 aliphatic heterocycles. The van der Waals surface area contributed by atoms with E-state index in [4.69, 9.17) is 44.3 Å². The fourth-order valence-corrected chi connectivity index (χ4v) is 6.11. The lowest BCUT2D eigenvalue weighted by molar-refractivity contribution is -0.253. The number of alkyl halides is 3. The van der Waals surface area contributed by atoms with Crippen LogP contribution in [-0.4, -0.2) is 68.5 Å². The third-order valence-corrected chi connectivity index (χ3v) is 8.93. The Balaban J connectivity index is 1.18. The molecule has 0 radical (unpaired) electrons. The SMILES string of the molecule is O=C(NCc1cccc(-c2cccc([C@@H]3O[C@H](CN4CCN(c5ncccn5)CC4)C[C@H](c4ccc(CO)cc4)O3)c2)c1)C(Cl)(Cl)Cl. The summed E-state index contributed by atoms with van der Waals surface area (Å²) in [5.74, 6) is 0.0857. The fraction of sp³-hybridized carbons (Fsp3) is 0.343. The van der Waals surface area contributed by atoms with Gasteiger partial charge in [0.25, 0.3) is 9.70 Å². The third kappa shape index (κ3) is 8.80. The predicted molar refractivity (Wildman–Crippen MR) is 183 cm³/mol. The zero-order chi connectivity index (χ0) is 32.8. The molecule has 47 heavy (non-hydrogen) atoms. The molecule has 0 bridgehead atoms. The number of benzene rings is 3. The standard InChI is InChI=1S/C35H36Cl3N5O4/c36-35(37,38)33(45)41-21-25-4-1-5-27(18-25)28-6-2-7-29(19-28)32-46-30(20-31(47-32)26-10-8-24(23-44)9-11-26)22-42-14-16-43(17-15-42)34-39-12-3-13-40-34/h1-13,18-19,30-32,44H,14-17,20-23H2,(H,41,45)/t30-,31+,32+/m0/s1. The van der Waals surface area contributed by atoms with Crippen LogP contribution in [0.1, 0.15) is 41.1 Å². The molecule has 3 heterocycles. The molecule has 2 aliphatic rings. The Kier molecular flexibility index (Phi) is 10.9. The molecule has 0 spiro atoms. The van der Waals surface area contributed by atoms with E-state index in [-0.39, 0.29) is 25.4 Å². The Morgan fingerprint density at radius 3 is 2.26 bits per heavy atom. The third-order valence-electron chi connectivity index (χ3n) is 8.41. The van der Waals surface area contributed by atoms with Crippen molar-refractivity contribution in [2.45, 2.75) is 41.9 Å². The fourth-order valence-electron chi connectivity index (χ4n) is 5.91. The number of hydrogen-bond acceptors (Lipinski definition) is 8. The van der Waals surface area contributed by atoms with Crippen molar-refractivity contribution >= 4 is 46.7 Å². The summed E-state index contributed by atoms with van der Waals surface area (Å²) in [6, 6.07) is 25.7. The van der Waals surface area contributed by atoms with Crippen LogP contribution in [0.15, 0.2) is 91.3 Å². The molecule has 4 aromatic rings. The molecule has 2 saturated heterocycles. The van der Waals surface area contributed by atoms with Gasteiger partial charge < -0.3 is 24.8 Å². The molecule has 9 nitrogen and oxygen atoms in total. The average Bonchev–Trinajstić information content (AvgIpc) is 3.11. The number of amides is 1. The lowest BCUT2D eigenvalue weighted by Crippen LogP contribution is -2.50. The minimum Gasteiger partial charge on any atom is -0.392 e. The monoisotopic (exact) mass is 695 g/mol. The number of nitrogens with zero attached hydrogens (tertiary/aromatic N) is 4. The summed E-state index contributed by atoms with van der Waals surface area (Å²) in [5, 5.41) is 12.2. The van der Waals surface area contributed by atoms with Crippen LogP contribution in [0.3, 0.4) is 0 Å². The Morgan fingerprint density at radius 1 is 0.851 bits per heavy atom. The van der Waals surface area contributed by atoms with Gasteiger partial charge in [0.1, 0.15) is 0 Å². The Labute approximate surface area is 289 Å². The number of carbonyl (C=O) groups is 1. The second-order valence-corrected chi connectivity index (χ2v) is 14.0. The van der Waals surface area contributed by atoms with Gasteiger partial charge in [-0.3, -0.25) is 9.69 Å². The van der Waals surface area contributed by atoms with Crippen LogP contribution in [0.4, 0.5) is 5.95 Å². The molecule has 0 saturated carbocycles. The van der Waals surface area contributed by atoms with Crippen molar-refractivity contribution in [2.24, 2.45) is 0 Å². The number of anilines is 1. The van der Waals surface area contributed by atoms with Gasteiger partial charge in [-0.2, -0.15) is 0 Å². The van der Waals surface area contributed by atoms with E-state index in [1.165, 1.54) is 0 Å². The Morgan fingerprint density at radius 2 is 1.55 bits per heavy atom. The summed E-state index contributed by atoms with van der Waals surface area (Å²) in [4.78, 5) is 25.5. The zero-order valence-corrected chi connectivity index (χ0v) is 27.9. The van der Waals surface area contributed by atoms with Gasteiger partial charge >= 0.3 is 0 Å². The minimum atomic E-state index is -2.02. The van der Waals surface area contributed by atoms with Crippen molar-refractivity contribution in [1.29, 1.82) is 0 Å². The van der Waals surface area contributed by atoms with E-state index in [0.29, 0.717) is 6.42 Å². The quantitative estimate of drug-likeness (QED) is 0.206. The van der Waals surface area contributed by atoms with E-state index in [2.05, 4.69) is 31.2 Å². The van der Waals surface area contributed by atoms with E-state index >= 15 is 0 Å². The van der Waals surface area contributed by atoms with Gasteiger partial charge in [0.2, 0.25) is 5.95 Å². The second-order valence-electron chi connectivity index (χ2n) is 11.7. The summed E-state index contributed by atoms with van der Waals surface area (Å²) in [6.45, 7) is 4.45. The number of ether oxygens (including phenoxy) is 2. The molecule has 3 atom stereocenters. The zero-order valence-electron chi connectivity index (χ0n) is 25.6. The predicted octanol–water partition coefficient (Wildman–Crippen LogP) is 5.99. The van der Waals surface area contributed by atoms with Crippen molar-refractivity contribution in [3.8, 4) is 11.1 Å². The maximum Gasteiger partial charge on any atom is 0.272 e. The molecular formula is C35H36Cl3N5O4. The van der Waals surface area contributed by atoms with Gasteiger partial charge in [-0.1, -0.05) is 95.5 Å². The van der Waals surface area contributed by atoms with Gasteiger partial charge in [0.15, 0.2) is 6.29 Å². The number of rotatable bonds is 9. The number of aromatic nitrogens is 2. The van der Waals surface area contributed by atoms with Gasteiger partial charge in [0.05, 0.1) is 18.8 Å². The summed E-state index contributed by atoms with van der Waals surface area (Å²) >= 11 is 17.1. The highest BCUT2D eigenvalue weighted by molar-refractivity contribution is 6.76. The number of hydrogen-bond donors (Lipinski definition) is 2. The summed E-state index contributed by atoms with van der Waals surface area (Å²) in [5.41, 5.74) is 5.63. The van der Waals surface area contributed by atoms with Crippen molar-refractivity contribution in [2.75, 3.05) is 37.6 Å². The lowest BCUT2D eigenvalue weighted by Gasteiger charge is -2.40. The highest BCUT2D eigenvalue weighted by Gasteiger charge is 2.34.